The first kappa shape index (κ1) is 19.4. The Balaban J connectivity index is 0.00000208. The van der Waals surface area contributed by atoms with Gasteiger partial charge >= 0.3 is 0 Å². The van der Waals surface area contributed by atoms with Gasteiger partial charge in [0, 0.05) is 24.8 Å². The third-order valence-electron chi connectivity index (χ3n) is 4.93. The maximum atomic E-state index is 6.07. The Kier molecular flexibility index (Phi) is 7.70. The molecule has 2 aliphatic rings. The summed E-state index contributed by atoms with van der Waals surface area (Å²) in [6.07, 6.45) is 8.03. The van der Waals surface area contributed by atoms with Crippen LogP contribution in [-0.2, 0) is 4.74 Å². The monoisotopic (exact) mass is 445 g/mol. The predicted molar refractivity (Wildman–Crippen MR) is 108 cm³/mol. The number of nitrogens with zero attached hydrogens (tertiary/aromatic N) is 3. The Labute approximate surface area is 161 Å². The molecular weight excluding hydrogens is 417 g/mol. The smallest absolute Gasteiger partial charge is 0.194 e. The van der Waals surface area contributed by atoms with Crippen LogP contribution in [0.4, 0.5) is 5.82 Å². The van der Waals surface area contributed by atoms with Gasteiger partial charge in [-0.05, 0) is 25.0 Å². The van der Waals surface area contributed by atoms with E-state index in [2.05, 4.69) is 20.2 Å². The van der Waals surface area contributed by atoms with Crippen molar-refractivity contribution in [2.24, 2.45) is 10.7 Å². The van der Waals surface area contributed by atoms with Gasteiger partial charge in [-0.1, -0.05) is 25.3 Å². The second-order valence-corrected chi connectivity index (χ2v) is 6.43. The Morgan fingerprint density at radius 3 is 2.67 bits per heavy atom. The molecule has 24 heavy (non-hydrogen) atoms. The van der Waals surface area contributed by atoms with E-state index in [9.17, 15) is 0 Å². The fourth-order valence-corrected chi connectivity index (χ4v) is 3.66. The lowest BCUT2D eigenvalue weighted by Gasteiger charge is -2.47. The number of morpholine rings is 1. The molecule has 134 valence electrons. The van der Waals surface area contributed by atoms with Gasteiger partial charge in [0.25, 0.3) is 0 Å². The van der Waals surface area contributed by atoms with Crippen LogP contribution in [0.1, 0.15) is 32.1 Å². The standard InChI is InChI=1S/C17H27N5O.HI/c18-16(21-15-6-2-5-9-19-15)20-14-17(7-3-1-4-8-17)22-10-12-23-13-11-22;/h2,5-6,9H,1,3-4,7-8,10-14H2,(H3,18,19,20,21);1H. The SMILES string of the molecule is I.NC(=NCC1(N2CCOCC2)CCCCC1)Nc1ccccn1. The van der Waals surface area contributed by atoms with E-state index in [1.54, 1.807) is 6.20 Å². The zero-order valence-electron chi connectivity index (χ0n) is 14.1. The molecule has 1 aromatic rings. The number of ether oxygens (including phenoxy) is 1. The summed E-state index contributed by atoms with van der Waals surface area (Å²) < 4.78 is 5.52. The van der Waals surface area contributed by atoms with Gasteiger partial charge in [-0.2, -0.15) is 0 Å². The summed E-state index contributed by atoms with van der Waals surface area (Å²) in [5.41, 5.74) is 6.22. The molecule has 0 unspecified atom stereocenters. The highest BCUT2D eigenvalue weighted by molar-refractivity contribution is 14.0. The molecule has 3 rings (SSSR count). The van der Waals surface area contributed by atoms with Gasteiger partial charge in [0.2, 0.25) is 0 Å². The first-order valence-corrected chi connectivity index (χ1v) is 8.59. The average molecular weight is 445 g/mol. The molecular formula is C17H28IN5O. The lowest BCUT2D eigenvalue weighted by molar-refractivity contribution is -0.0333. The van der Waals surface area contributed by atoms with Crippen molar-refractivity contribution in [2.45, 2.75) is 37.6 Å². The minimum absolute atomic E-state index is 0. The minimum atomic E-state index is 0. The van der Waals surface area contributed by atoms with E-state index in [-0.39, 0.29) is 29.5 Å². The van der Waals surface area contributed by atoms with Gasteiger partial charge in [0.15, 0.2) is 5.96 Å². The van der Waals surface area contributed by atoms with Crippen LogP contribution in [-0.4, -0.2) is 54.2 Å². The molecule has 1 aliphatic carbocycles. The molecule has 1 saturated carbocycles. The van der Waals surface area contributed by atoms with Crippen LogP contribution in [0, 0.1) is 0 Å². The number of hydrogen-bond acceptors (Lipinski definition) is 4. The van der Waals surface area contributed by atoms with Crippen molar-refractivity contribution in [1.29, 1.82) is 0 Å². The molecule has 0 spiro atoms. The average Bonchev–Trinajstić information content (AvgIpc) is 2.62. The maximum absolute atomic E-state index is 6.07. The molecule has 0 bridgehead atoms. The normalized spacial score (nSPS) is 21.8. The lowest BCUT2D eigenvalue weighted by Crippen LogP contribution is -2.56. The first-order valence-electron chi connectivity index (χ1n) is 8.59. The number of halogens is 1. The molecule has 0 aromatic carbocycles. The van der Waals surface area contributed by atoms with E-state index in [0.29, 0.717) is 5.96 Å². The molecule has 6 nitrogen and oxygen atoms in total. The number of nitrogens with two attached hydrogens (primary N) is 1. The summed E-state index contributed by atoms with van der Waals surface area (Å²) in [5, 5.41) is 3.08. The molecule has 2 fully saturated rings. The summed E-state index contributed by atoms with van der Waals surface area (Å²) in [7, 11) is 0. The topological polar surface area (TPSA) is 75.8 Å². The third-order valence-corrected chi connectivity index (χ3v) is 4.93. The van der Waals surface area contributed by atoms with Gasteiger partial charge in [-0.3, -0.25) is 9.89 Å². The second kappa shape index (κ2) is 9.53. The van der Waals surface area contributed by atoms with Crippen LogP contribution >= 0.6 is 24.0 Å². The van der Waals surface area contributed by atoms with E-state index < -0.39 is 0 Å². The number of rotatable bonds is 4. The van der Waals surface area contributed by atoms with Gasteiger partial charge < -0.3 is 15.8 Å². The van der Waals surface area contributed by atoms with Crippen molar-refractivity contribution in [3.63, 3.8) is 0 Å². The minimum Gasteiger partial charge on any atom is -0.379 e. The van der Waals surface area contributed by atoms with Gasteiger partial charge in [-0.25, -0.2) is 4.98 Å². The highest BCUT2D eigenvalue weighted by atomic mass is 127. The Bertz CT molecular complexity index is 513. The summed E-state index contributed by atoms with van der Waals surface area (Å²) in [6, 6.07) is 5.70. The number of aromatic nitrogens is 1. The highest BCUT2D eigenvalue weighted by Gasteiger charge is 2.38. The largest absolute Gasteiger partial charge is 0.379 e. The van der Waals surface area contributed by atoms with Gasteiger partial charge in [0.1, 0.15) is 5.82 Å². The van der Waals surface area contributed by atoms with Crippen molar-refractivity contribution < 1.29 is 4.74 Å². The van der Waals surface area contributed by atoms with Gasteiger partial charge in [0.05, 0.1) is 19.8 Å². The van der Waals surface area contributed by atoms with Crippen LogP contribution < -0.4 is 11.1 Å². The predicted octanol–water partition coefficient (Wildman–Crippen LogP) is 2.46. The maximum Gasteiger partial charge on any atom is 0.194 e. The summed E-state index contributed by atoms with van der Waals surface area (Å²) >= 11 is 0. The van der Waals surface area contributed by atoms with Crippen molar-refractivity contribution in [3.8, 4) is 0 Å². The molecule has 0 amide bonds. The zero-order chi connectivity index (χ0) is 16.0. The summed E-state index contributed by atoms with van der Waals surface area (Å²) in [4.78, 5) is 11.4. The quantitative estimate of drug-likeness (QED) is 0.423. The Morgan fingerprint density at radius 1 is 1.25 bits per heavy atom. The number of anilines is 1. The molecule has 7 heteroatoms. The molecule has 0 atom stereocenters. The van der Waals surface area contributed by atoms with Crippen molar-refractivity contribution in [2.75, 3.05) is 38.2 Å². The fourth-order valence-electron chi connectivity index (χ4n) is 3.66. The molecule has 3 N–H and O–H groups in total. The van der Waals surface area contributed by atoms with Crippen LogP contribution in [0.25, 0.3) is 0 Å². The van der Waals surface area contributed by atoms with E-state index >= 15 is 0 Å². The third kappa shape index (κ3) is 5.03. The second-order valence-electron chi connectivity index (χ2n) is 6.43. The van der Waals surface area contributed by atoms with Crippen molar-refractivity contribution in [1.82, 2.24) is 9.88 Å². The van der Waals surface area contributed by atoms with Crippen LogP contribution in [0.5, 0.6) is 0 Å². The van der Waals surface area contributed by atoms with Gasteiger partial charge in [-0.15, -0.1) is 24.0 Å². The number of aliphatic imine (C=N–C) groups is 1. The van der Waals surface area contributed by atoms with E-state index in [1.807, 2.05) is 18.2 Å². The highest BCUT2D eigenvalue weighted by Crippen LogP contribution is 2.34. The fraction of sp³-hybridized carbons (Fsp3) is 0.647. The van der Waals surface area contributed by atoms with Crippen molar-refractivity contribution >= 4 is 35.8 Å². The molecule has 1 aliphatic heterocycles. The lowest BCUT2D eigenvalue weighted by atomic mass is 9.80. The molecule has 1 saturated heterocycles. The van der Waals surface area contributed by atoms with E-state index in [1.165, 1.54) is 32.1 Å². The van der Waals surface area contributed by atoms with E-state index in [0.717, 1.165) is 38.7 Å². The molecule has 2 heterocycles. The summed E-state index contributed by atoms with van der Waals surface area (Å²) in [6.45, 7) is 4.41. The molecule has 1 aromatic heterocycles. The number of nitrogens with one attached hydrogen (secondary N) is 1. The van der Waals surface area contributed by atoms with Crippen LogP contribution in [0.2, 0.25) is 0 Å². The Hall–Kier alpha value is -0.930. The summed E-state index contributed by atoms with van der Waals surface area (Å²) in [5.74, 6) is 1.18. The van der Waals surface area contributed by atoms with E-state index in [4.69, 9.17) is 10.5 Å². The molecule has 0 radical (unpaired) electrons. The Morgan fingerprint density at radius 2 is 2.00 bits per heavy atom. The van der Waals surface area contributed by atoms with Crippen molar-refractivity contribution in [3.05, 3.63) is 24.4 Å². The number of guanidine groups is 1. The van der Waals surface area contributed by atoms with Crippen LogP contribution in [0.3, 0.4) is 0 Å². The number of hydrogen-bond donors (Lipinski definition) is 2. The first-order chi connectivity index (χ1) is 11.3. The van der Waals surface area contributed by atoms with Crippen LogP contribution in [0.15, 0.2) is 29.4 Å². The zero-order valence-corrected chi connectivity index (χ0v) is 16.4. The number of pyridine rings is 1.